The Morgan fingerprint density at radius 3 is 2.41 bits per heavy atom. The Hall–Kier alpha value is -4.17. The average molecular weight is 474 g/mol. The van der Waals surface area contributed by atoms with E-state index in [0.29, 0.717) is 5.02 Å². The first-order valence-corrected chi connectivity index (χ1v) is 11.0. The molecule has 5 rings (SSSR count). The number of aromatic nitrogens is 5. The largest absolute Gasteiger partial charge is 0.382 e. The van der Waals surface area contributed by atoms with Gasteiger partial charge in [0.05, 0.1) is 17.8 Å². The molecular formula is C25H24ClN7O. The minimum atomic E-state index is 0.0139. The molecule has 34 heavy (non-hydrogen) atoms. The second-order valence-electron chi connectivity index (χ2n) is 7.60. The summed E-state index contributed by atoms with van der Waals surface area (Å²) in [7, 11) is 1.88. The van der Waals surface area contributed by atoms with Crippen LogP contribution in [0, 0.1) is 0 Å². The maximum absolute atomic E-state index is 13.4. The zero-order valence-corrected chi connectivity index (χ0v) is 19.6. The van der Waals surface area contributed by atoms with Crippen LogP contribution in [0.3, 0.4) is 0 Å². The van der Waals surface area contributed by atoms with Crippen molar-refractivity contribution in [3.05, 3.63) is 94.3 Å². The minimum Gasteiger partial charge on any atom is -0.382 e. The average Bonchev–Trinajstić information content (AvgIpc) is 3.28. The maximum atomic E-state index is 13.4. The zero-order chi connectivity index (χ0) is 24.2. The van der Waals surface area contributed by atoms with E-state index in [1.165, 1.54) is 6.20 Å². The van der Waals surface area contributed by atoms with Crippen molar-refractivity contribution in [1.29, 1.82) is 0 Å². The highest BCUT2D eigenvalue weighted by Gasteiger charge is 2.14. The van der Waals surface area contributed by atoms with Gasteiger partial charge in [0.25, 0.3) is 5.56 Å². The summed E-state index contributed by atoms with van der Waals surface area (Å²) in [6.45, 7) is 2.07. The fraction of sp³-hybridized carbons (Fsp3) is 0.120. The van der Waals surface area contributed by atoms with E-state index in [0.717, 1.165) is 39.7 Å². The molecular weight excluding hydrogens is 450 g/mol. The highest BCUT2D eigenvalue weighted by Crippen LogP contribution is 2.27. The van der Waals surface area contributed by atoms with Gasteiger partial charge in [-0.15, -0.1) is 0 Å². The number of hydrogen-bond donors (Lipinski definition) is 2. The molecule has 0 amide bonds. The van der Waals surface area contributed by atoms with Crippen LogP contribution in [0.5, 0.6) is 0 Å². The highest BCUT2D eigenvalue weighted by atomic mass is 35.5. The number of benzene rings is 2. The van der Waals surface area contributed by atoms with Gasteiger partial charge >= 0.3 is 0 Å². The van der Waals surface area contributed by atoms with Gasteiger partial charge in [-0.2, -0.15) is 10.1 Å². The first kappa shape index (κ1) is 23.0. The molecule has 5 aromatic rings. The maximum Gasteiger partial charge on any atom is 0.263 e. The molecule has 2 aromatic carbocycles. The molecule has 3 aromatic heterocycles. The molecule has 0 aliphatic carbocycles. The number of nitrogens with zero attached hydrogens (tertiary/aromatic N) is 5. The predicted molar refractivity (Wildman–Crippen MR) is 137 cm³/mol. The van der Waals surface area contributed by atoms with Crippen LogP contribution in [-0.2, 0) is 13.5 Å². The van der Waals surface area contributed by atoms with Crippen molar-refractivity contribution >= 4 is 34.1 Å². The van der Waals surface area contributed by atoms with Gasteiger partial charge in [0.1, 0.15) is 10.8 Å². The minimum absolute atomic E-state index is 0.0139. The lowest BCUT2D eigenvalue weighted by Gasteiger charge is -2.15. The molecule has 0 saturated carbocycles. The summed E-state index contributed by atoms with van der Waals surface area (Å²) in [6, 6.07) is 17.9. The van der Waals surface area contributed by atoms with Crippen LogP contribution in [0.4, 0.5) is 11.8 Å². The summed E-state index contributed by atoms with van der Waals surface area (Å²) in [5.41, 5.74) is 14.2. The van der Waals surface area contributed by atoms with Crippen LogP contribution >= 0.6 is 11.6 Å². The Morgan fingerprint density at radius 2 is 1.79 bits per heavy atom. The van der Waals surface area contributed by atoms with Gasteiger partial charge in [-0.3, -0.25) is 14.0 Å². The number of hydrogen-bond acceptors (Lipinski definition) is 6. The molecule has 0 fully saturated rings. The van der Waals surface area contributed by atoms with E-state index in [2.05, 4.69) is 28.1 Å². The van der Waals surface area contributed by atoms with Crippen molar-refractivity contribution in [2.75, 3.05) is 11.5 Å². The first-order valence-electron chi connectivity index (χ1n) is 10.6. The number of aryl methyl sites for hydroxylation is 2. The molecule has 0 atom stereocenters. The second kappa shape index (κ2) is 9.76. The van der Waals surface area contributed by atoms with Gasteiger partial charge in [0.2, 0.25) is 5.95 Å². The quantitative estimate of drug-likeness (QED) is 0.404. The fourth-order valence-corrected chi connectivity index (χ4v) is 3.82. The lowest BCUT2D eigenvalue weighted by atomic mass is 10.0. The highest BCUT2D eigenvalue weighted by molar-refractivity contribution is 6.32. The number of anilines is 2. The monoisotopic (exact) mass is 473 g/mol. The van der Waals surface area contributed by atoms with Crippen LogP contribution in [0.15, 0.2) is 78.0 Å². The van der Waals surface area contributed by atoms with Gasteiger partial charge in [-0.25, -0.2) is 4.98 Å². The molecule has 0 bridgehead atoms. The lowest BCUT2D eigenvalue weighted by molar-refractivity contribution is 0.768. The summed E-state index contributed by atoms with van der Waals surface area (Å²) < 4.78 is 3.58. The summed E-state index contributed by atoms with van der Waals surface area (Å²) in [5.74, 6) is 0.348. The van der Waals surface area contributed by atoms with Crippen molar-refractivity contribution in [2.45, 2.75) is 13.3 Å². The summed E-state index contributed by atoms with van der Waals surface area (Å²) >= 11 is 5.48. The number of halogens is 1. The van der Waals surface area contributed by atoms with Crippen molar-refractivity contribution < 1.29 is 0 Å². The van der Waals surface area contributed by atoms with E-state index in [-0.39, 0.29) is 17.3 Å². The molecule has 0 aliphatic rings. The van der Waals surface area contributed by atoms with Gasteiger partial charge < -0.3 is 11.5 Å². The fourth-order valence-electron chi connectivity index (χ4n) is 3.73. The molecule has 4 N–H and O–H groups in total. The molecule has 0 radical (unpaired) electrons. The predicted octanol–water partition coefficient (Wildman–Crippen LogP) is 4.25. The lowest BCUT2D eigenvalue weighted by Crippen LogP contribution is -2.22. The third-order valence-corrected chi connectivity index (χ3v) is 5.60. The van der Waals surface area contributed by atoms with Gasteiger partial charge in [0.15, 0.2) is 0 Å². The molecule has 0 saturated heterocycles. The summed E-state index contributed by atoms with van der Waals surface area (Å²) in [5, 5.41) is 6.28. The third kappa shape index (κ3) is 4.62. The molecule has 0 spiro atoms. The molecule has 0 unspecified atom stereocenters. The van der Waals surface area contributed by atoms with E-state index < -0.39 is 0 Å². The smallest absolute Gasteiger partial charge is 0.263 e. The molecule has 9 heteroatoms. The molecule has 0 aliphatic heterocycles. The summed E-state index contributed by atoms with van der Waals surface area (Å²) in [6.07, 6.45) is 5.89. The van der Waals surface area contributed by atoms with Crippen molar-refractivity contribution in [1.82, 2.24) is 24.3 Å². The number of rotatable bonds is 3. The van der Waals surface area contributed by atoms with E-state index in [4.69, 9.17) is 23.1 Å². The number of fused-ring (bicyclic) bond motifs is 1. The number of para-hydroxylation sites is 1. The standard InChI is InChI=1S/C21H19N3O.C4H5ClN4/c1-3-17-12-15-8-7-11-19(16-13-22-23(2)14-16)20(15)21(25)24(17)18-9-5-4-6-10-18;5-2-1-8-4(7)9-3(2)6/h4-14H,3H2,1-2H3;1H,(H4,6,7,8,9). The topological polar surface area (TPSA) is 118 Å². The number of nitrogen functional groups attached to an aromatic ring is 2. The van der Waals surface area contributed by atoms with Crippen molar-refractivity contribution in [3.63, 3.8) is 0 Å². The third-order valence-electron chi connectivity index (χ3n) is 5.31. The van der Waals surface area contributed by atoms with Crippen LogP contribution < -0.4 is 17.0 Å². The molecule has 3 heterocycles. The van der Waals surface area contributed by atoms with Crippen molar-refractivity contribution in [2.24, 2.45) is 7.05 Å². The van der Waals surface area contributed by atoms with Crippen LogP contribution in [0.1, 0.15) is 12.6 Å². The van der Waals surface area contributed by atoms with Gasteiger partial charge in [-0.1, -0.05) is 54.9 Å². The Labute approximate surface area is 201 Å². The van der Waals surface area contributed by atoms with Crippen LogP contribution in [0.25, 0.3) is 27.6 Å². The Balaban J connectivity index is 0.000000257. The van der Waals surface area contributed by atoms with E-state index in [1.807, 2.05) is 66.3 Å². The van der Waals surface area contributed by atoms with E-state index >= 15 is 0 Å². The van der Waals surface area contributed by atoms with Crippen molar-refractivity contribution in [3.8, 4) is 16.8 Å². The van der Waals surface area contributed by atoms with Gasteiger partial charge in [0, 0.05) is 30.2 Å². The molecule has 172 valence electrons. The van der Waals surface area contributed by atoms with E-state index in [1.54, 1.807) is 10.9 Å². The van der Waals surface area contributed by atoms with Crippen LogP contribution in [0.2, 0.25) is 5.02 Å². The number of nitrogens with two attached hydrogens (primary N) is 2. The Bertz CT molecular complexity index is 1510. The summed E-state index contributed by atoms with van der Waals surface area (Å²) in [4.78, 5) is 20.6. The van der Waals surface area contributed by atoms with Crippen LogP contribution in [-0.4, -0.2) is 24.3 Å². The first-order chi connectivity index (χ1) is 16.4. The van der Waals surface area contributed by atoms with E-state index in [9.17, 15) is 4.79 Å². The number of pyridine rings is 1. The Morgan fingerprint density at radius 1 is 1.03 bits per heavy atom. The SMILES string of the molecule is CCc1cc2cccc(-c3cnn(C)c3)c2c(=O)n1-c1ccccc1.Nc1ncc(Cl)c(N)n1. The normalized spacial score (nSPS) is 10.7. The van der Waals surface area contributed by atoms with Gasteiger partial charge in [-0.05, 0) is 35.6 Å². The zero-order valence-electron chi connectivity index (χ0n) is 18.8. The molecule has 8 nitrogen and oxygen atoms in total. The second-order valence-corrected chi connectivity index (χ2v) is 8.01. The Kier molecular flexibility index (Phi) is 6.60.